The molecule has 0 saturated carbocycles. The maximum absolute atomic E-state index is 5.88. The Bertz CT molecular complexity index is 423. The molecule has 0 aliphatic heterocycles. The van der Waals surface area contributed by atoms with Gasteiger partial charge in [0.25, 0.3) is 0 Å². The molecule has 0 spiro atoms. The van der Waals surface area contributed by atoms with E-state index in [1.54, 1.807) is 6.20 Å². The van der Waals surface area contributed by atoms with Crippen LogP contribution < -0.4 is 5.46 Å². The van der Waals surface area contributed by atoms with Gasteiger partial charge in [-0.1, -0.05) is 23.2 Å². The standard InChI is InChI=1S/C10H8BN/c1-7-4-5-9-8(10(7)11)3-2-6-12-9/h2-6H,1H3. The summed E-state index contributed by atoms with van der Waals surface area (Å²) in [5.41, 5.74) is 2.90. The number of pyridine rings is 1. The molecule has 0 aliphatic carbocycles. The van der Waals surface area contributed by atoms with Crippen LogP contribution in [0.25, 0.3) is 10.9 Å². The lowest BCUT2D eigenvalue weighted by Gasteiger charge is -2.03. The lowest BCUT2D eigenvalue weighted by atomic mass is 9.87. The molecular weight excluding hydrogens is 145 g/mol. The third-order valence-electron chi connectivity index (χ3n) is 2.04. The molecule has 1 aromatic carbocycles. The van der Waals surface area contributed by atoms with Crippen LogP contribution in [-0.4, -0.2) is 12.8 Å². The number of nitrogens with zero attached hydrogens (tertiary/aromatic N) is 1. The van der Waals surface area contributed by atoms with E-state index in [1.807, 2.05) is 31.2 Å². The van der Waals surface area contributed by atoms with E-state index in [1.165, 1.54) is 0 Å². The van der Waals surface area contributed by atoms with Crippen molar-refractivity contribution in [2.75, 3.05) is 0 Å². The molecule has 1 heterocycles. The molecule has 1 aromatic heterocycles. The maximum atomic E-state index is 5.88. The molecule has 1 nitrogen and oxygen atoms in total. The summed E-state index contributed by atoms with van der Waals surface area (Å²) in [5, 5.41) is 1.04. The van der Waals surface area contributed by atoms with E-state index in [0.717, 1.165) is 21.9 Å². The quantitative estimate of drug-likeness (QED) is 0.520. The monoisotopic (exact) mass is 153 g/mol. The number of aromatic nitrogens is 1. The third kappa shape index (κ3) is 1.000. The first-order valence-electron chi connectivity index (χ1n) is 3.89. The highest BCUT2D eigenvalue weighted by atomic mass is 14.6. The van der Waals surface area contributed by atoms with E-state index in [9.17, 15) is 0 Å². The predicted octanol–water partition coefficient (Wildman–Crippen LogP) is 1.34. The zero-order valence-corrected chi connectivity index (χ0v) is 6.91. The zero-order valence-electron chi connectivity index (χ0n) is 6.91. The third-order valence-corrected chi connectivity index (χ3v) is 2.04. The number of rotatable bonds is 0. The highest BCUT2D eigenvalue weighted by molar-refractivity contribution is 6.39. The van der Waals surface area contributed by atoms with Crippen LogP contribution in [0, 0.1) is 6.92 Å². The molecule has 0 aliphatic rings. The van der Waals surface area contributed by atoms with Crippen molar-refractivity contribution < 1.29 is 0 Å². The fourth-order valence-corrected chi connectivity index (χ4v) is 1.28. The molecule has 0 N–H and O–H groups in total. The van der Waals surface area contributed by atoms with E-state index < -0.39 is 0 Å². The summed E-state index contributed by atoms with van der Waals surface area (Å²) in [6, 6.07) is 7.87. The normalized spacial score (nSPS) is 10.4. The molecule has 12 heavy (non-hydrogen) atoms. The molecule has 2 rings (SSSR count). The Kier molecular flexibility index (Phi) is 1.61. The van der Waals surface area contributed by atoms with Gasteiger partial charge in [-0.15, -0.1) is 0 Å². The summed E-state index contributed by atoms with van der Waals surface area (Å²) in [6.07, 6.45) is 1.77. The summed E-state index contributed by atoms with van der Waals surface area (Å²) >= 11 is 0. The van der Waals surface area contributed by atoms with Crippen molar-refractivity contribution in [3.05, 3.63) is 36.0 Å². The van der Waals surface area contributed by atoms with Crippen molar-refractivity contribution in [1.29, 1.82) is 0 Å². The Morgan fingerprint density at radius 3 is 2.92 bits per heavy atom. The average molecular weight is 153 g/mol. The van der Waals surface area contributed by atoms with E-state index in [2.05, 4.69) is 4.98 Å². The van der Waals surface area contributed by atoms with E-state index in [4.69, 9.17) is 7.85 Å². The van der Waals surface area contributed by atoms with Gasteiger partial charge in [-0.2, -0.15) is 0 Å². The SMILES string of the molecule is [B]c1c(C)ccc2ncccc12. The Morgan fingerprint density at radius 2 is 2.08 bits per heavy atom. The second-order valence-corrected chi connectivity index (χ2v) is 2.87. The van der Waals surface area contributed by atoms with Crippen LogP contribution in [0.3, 0.4) is 0 Å². The number of hydrogen-bond acceptors (Lipinski definition) is 1. The first-order valence-corrected chi connectivity index (χ1v) is 3.89. The molecule has 0 fully saturated rings. The minimum absolute atomic E-state index is 0.834. The predicted molar refractivity (Wildman–Crippen MR) is 51.9 cm³/mol. The summed E-state index contributed by atoms with van der Waals surface area (Å²) in [5.74, 6) is 0. The Labute approximate surface area is 72.8 Å². The highest BCUT2D eigenvalue weighted by Crippen LogP contribution is 2.08. The van der Waals surface area contributed by atoms with Crippen LogP contribution in [0.4, 0.5) is 0 Å². The smallest absolute Gasteiger partial charge is 0.115 e. The number of fused-ring (bicyclic) bond motifs is 1. The van der Waals surface area contributed by atoms with Gasteiger partial charge < -0.3 is 0 Å². The van der Waals surface area contributed by atoms with Gasteiger partial charge >= 0.3 is 0 Å². The van der Waals surface area contributed by atoms with Gasteiger partial charge in [0, 0.05) is 6.20 Å². The van der Waals surface area contributed by atoms with Crippen LogP contribution in [0.2, 0.25) is 0 Å². The Hall–Kier alpha value is -1.31. The first-order chi connectivity index (χ1) is 5.79. The molecule has 0 unspecified atom stereocenters. The average Bonchev–Trinajstić information content (AvgIpc) is 2.12. The molecule has 0 amide bonds. The maximum Gasteiger partial charge on any atom is 0.115 e. The summed E-state index contributed by atoms with van der Waals surface area (Å²) in [7, 11) is 5.88. The molecular formula is C10H8BN. The molecule has 0 bridgehead atoms. The van der Waals surface area contributed by atoms with Gasteiger partial charge in [0.15, 0.2) is 0 Å². The number of hydrogen-bond donors (Lipinski definition) is 0. The largest absolute Gasteiger partial charge is 0.256 e. The van der Waals surface area contributed by atoms with E-state index in [-0.39, 0.29) is 0 Å². The lowest BCUT2D eigenvalue weighted by Crippen LogP contribution is -2.08. The van der Waals surface area contributed by atoms with Crippen molar-refractivity contribution in [3.8, 4) is 0 Å². The second-order valence-electron chi connectivity index (χ2n) is 2.87. The number of aryl methyl sites for hydroxylation is 1. The van der Waals surface area contributed by atoms with Crippen molar-refractivity contribution >= 4 is 24.2 Å². The molecule has 56 valence electrons. The fraction of sp³-hybridized carbons (Fsp3) is 0.100. The van der Waals surface area contributed by atoms with Crippen LogP contribution in [0.15, 0.2) is 30.5 Å². The number of benzene rings is 1. The van der Waals surface area contributed by atoms with Gasteiger partial charge in [-0.3, -0.25) is 4.98 Å². The van der Waals surface area contributed by atoms with E-state index >= 15 is 0 Å². The van der Waals surface area contributed by atoms with Gasteiger partial charge in [-0.05, 0) is 24.4 Å². The van der Waals surface area contributed by atoms with Crippen LogP contribution in [-0.2, 0) is 0 Å². The summed E-state index contributed by atoms with van der Waals surface area (Å²) < 4.78 is 0. The molecule has 0 atom stereocenters. The van der Waals surface area contributed by atoms with Gasteiger partial charge in [0.1, 0.15) is 7.85 Å². The topological polar surface area (TPSA) is 12.9 Å². The molecule has 0 saturated heterocycles. The van der Waals surface area contributed by atoms with Gasteiger partial charge in [0.2, 0.25) is 0 Å². The van der Waals surface area contributed by atoms with Crippen molar-refractivity contribution in [3.63, 3.8) is 0 Å². The molecule has 2 aromatic rings. The van der Waals surface area contributed by atoms with Gasteiger partial charge in [0.05, 0.1) is 5.52 Å². The minimum atomic E-state index is 0.834. The first kappa shape index (κ1) is 7.35. The Morgan fingerprint density at radius 1 is 1.25 bits per heavy atom. The van der Waals surface area contributed by atoms with Crippen molar-refractivity contribution in [2.45, 2.75) is 6.92 Å². The summed E-state index contributed by atoms with van der Waals surface area (Å²) in [4.78, 5) is 4.20. The van der Waals surface area contributed by atoms with Crippen molar-refractivity contribution in [2.24, 2.45) is 0 Å². The fourth-order valence-electron chi connectivity index (χ4n) is 1.28. The molecule has 2 heteroatoms. The van der Waals surface area contributed by atoms with Crippen LogP contribution >= 0.6 is 0 Å². The van der Waals surface area contributed by atoms with E-state index in [0.29, 0.717) is 0 Å². The van der Waals surface area contributed by atoms with Crippen LogP contribution in [0.5, 0.6) is 0 Å². The lowest BCUT2D eigenvalue weighted by molar-refractivity contribution is 1.40. The van der Waals surface area contributed by atoms with Crippen LogP contribution in [0.1, 0.15) is 5.56 Å². The van der Waals surface area contributed by atoms with Gasteiger partial charge in [-0.25, -0.2) is 0 Å². The summed E-state index contributed by atoms with van der Waals surface area (Å²) in [6.45, 7) is 2.00. The second kappa shape index (κ2) is 2.63. The minimum Gasteiger partial charge on any atom is -0.256 e. The highest BCUT2D eigenvalue weighted by Gasteiger charge is 1.98. The Balaban J connectivity index is 2.91. The molecule has 2 radical (unpaired) electrons. The zero-order chi connectivity index (χ0) is 8.55. The van der Waals surface area contributed by atoms with Crippen molar-refractivity contribution in [1.82, 2.24) is 4.98 Å².